The van der Waals surface area contributed by atoms with Gasteiger partial charge >= 0.3 is 5.97 Å². The molecule has 6 nitrogen and oxygen atoms in total. The van der Waals surface area contributed by atoms with E-state index >= 15 is 0 Å². The summed E-state index contributed by atoms with van der Waals surface area (Å²) in [7, 11) is 0. The third-order valence-corrected chi connectivity index (χ3v) is 4.22. The van der Waals surface area contributed by atoms with Crippen LogP contribution in [0.5, 0.6) is 0 Å². The molecule has 1 aliphatic rings. The largest absolute Gasteiger partial charge is 0.463 e. The van der Waals surface area contributed by atoms with Crippen molar-refractivity contribution in [3.8, 4) is 0 Å². The van der Waals surface area contributed by atoms with E-state index in [9.17, 15) is 4.79 Å². The van der Waals surface area contributed by atoms with Gasteiger partial charge in [-0.3, -0.25) is 0 Å². The maximum atomic E-state index is 12.7. The van der Waals surface area contributed by atoms with Crippen molar-refractivity contribution in [1.29, 1.82) is 0 Å². The first-order chi connectivity index (χ1) is 11.7. The molecule has 1 atom stereocenters. The van der Waals surface area contributed by atoms with Crippen LogP contribution >= 0.6 is 11.6 Å². The topological polar surface area (TPSA) is 69.0 Å². The molecule has 1 aromatic heterocycles. The number of aromatic nitrogens is 3. The number of rotatable bonds is 5. The average Bonchev–Trinajstić information content (AvgIpc) is 3.03. The molecule has 1 aromatic carbocycles. The number of allylic oxidation sites excluding steroid dienone is 1. The first-order valence-electron chi connectivity index (χ1n) is 7.98. The smallest absolute Gasteiger partial charge is 0.338 e. The molecule has 0 bridgehead atoms. The van der Waals surface area contributed by atoms with Gasteiger partial charge in [0.1, 0.15) is 12.4 Å². The molecule has 2 heterocycles. The van der Waals surface area contributed by atoms with Crippen LogP contribution in [0.15, 0.2) is 41.9 Å². The molecule has 0 spiro atoms. The van der Waals surface area contributed by atoms with Crippen LogP contribution in [0, 0.1) is 0 Å². The molecule has 7 heteroatoms. The van der Waals surface area contributed by atoms with Gasteiger partial charge in [-0.2, -0.15) is 10.1 Å². The minimum atomic E-state index is -0.460. The summed E-state index contributed by atoms with van der Waals surface area (Å²) in [4.78, 5) is 16.9. The van der Waals surface area contributed by atoms with Crippen LogP contribution in [-0.4, -0.2) is 27.3 Å². The van der Waals surface area contributed by atoms with Crippen LogP contribution in [0.1, 0.15) is 38.3 Å². The number of hydrogen-bond donors (Lipinski definition) is 1. The zero-order valence-corrected chi connectivity index (χ0v) is 14.4. The van der Waals surface area contributed by atoms with E-state index in [1.54, 1.807) is 17.7 Å². The maximum absolute atomic E-state index is 12.7. The van der Waals surface area contributed by atoms with E-state index in [-0.39, 0.29) is 5.97 Å². The number of esters is 1. The summed E-state index contributed by atoms with van der Waals surface area (Å²) in [6.07, 6.45) is 3.06. The SMILES string of the molecule is CCCC1=C(C(=O)OCC)C(c2ccccc2Cl)n2ncnc2N1. The second kappa shape index (κ2) is 7.05. The third kappa shape index (κ3) is 2.89. The van der Waals surface area contributed by atoms with Gasteiger partial charge in [0.05, 0.1) is 12.2 Å². The lowest BCUT2D eigenvalue weighted by Gasteiger charge is -2.29. The number of nitrogens with one attached hydrogen (secondary N) is 1. The van der Waals surface area contributed by atoms with E-state index < -0.39 is 6.04 Å². The molecule has 0 aliphatic carbocycles. The fourth-order valence-corrected chi connectivity index (χ4v) is 3.13. The molecule has 126 valence electrons. The van der Waals surface area contributed by atoms with E-state index in [0.717, 1.165) is 17.7 Å². The Kier molecular flexibility index (Phi) is 4.85. The van der Waals surface area contributed by atoms with Crippen molar-refractivity contribution < 1.29 is 9.53 Å². The second-order valence-electron chi connectivity index (χ2n) is 5.44. The molecule has 0 fully saturated rings. The normalized spacial score (nSPS) is 16.5. The number of ether oxygens (including phenoxy) is 1. The highest BCUT2D eigenvalue weighted by Crippen LogP contribution is 2.39. The van der Waals surface area contributed by atoms with Gasteiger partial charge in [-0.1, -0.05) is 43.1 Å². The summed E-state index contributed by atoms with van der Waals surface area (Å²) < 4.78 is 6.97. The number of carbonyl (C=O) groups excluding carboxylic acids is 1. The number of hydrogen-bond acceptors (Lipinski definition) is 5. The highest BCUT2D eigenvalue weighted by Gasteiger charge is 2.36. The standard InChI is InChI=1S/C17H19ClN4O2/c1-3-7-13-14(16(23)24-4-2)15(11-8-5-6-9-12(11)18)22-17(21-13)19-10-20-22/h5-6,8-10,15H,3-4,7H2,1-2H3,(H,19,20,21). The molecule has 3 rings (SSSR count). The van der Waals surface area contributed by atoms with Crippen LogP contribution in [0.25, 0.3) is 0 Å². The van der Waals surface area contributed by atoms with Crippen molar-refractivity contribution in [2.75, 3.05) is 11.9 Å². The van der Waals surface area contributed by atoms with Crippen molar-refractivity contribution in [3.63, 3.8) is 0 Å². The number of carbonyl (C=O) groups is 1. The summed E-state index contributed by atoms with van der Waals surface area (Å²) in [6, 6.07) is 6.99. The summed E-state index contributed by atoms with van der Waals surface area (Å²) in [5.41, 5.74) is 2.13. The average molecular weight is 347 g/mol. The molecule has 1 N–H and O–H groups in total. The Morgan fingerprint density at radius 3 is 2.88 bits per heavy atom. The summed E-state index contributed by atoms with van der Waals surface area (Å²) >= 11 is 6.41. The van der Waals surface area contributed by atoms with Gasteiger partial charge in [-0.25, -0.2) is 9.48 Å². The molecule has 0 saturated heterocycles. The monoisotopic (exact) mass is 346 g/mol. The molecule has 24 heavy (non-hydrogen) atoms. The second-order valence-corrected chi connectivity index (χ2v) is 5.85. The van der Waals surface area contributed by atoms with E-state index in [0.29, 0.717) is 29.6 Å². The van der Waals surface area contributed by atoms with Crippen LogP contribution in [-0.2, 0) is 9.53 Å². The Balaban J connectivity index is 2.20. The van der Waals surface area contributed by atoms with E-state index in [4.69, 9.17) is 16.3 Å². The predicted octanol–water partition coefficient (Wildman–Crippen LogP) is 3.56. The van der Waals surface area contributed by atoms with Crippen LogP contribution < -0.4 is 5.32 Å². The first-order valence-corrected chi connectivity index (χ1v) is 8.36. The van der Waals surface area contributed by atoms with Gasteiger partial charge < -0.3 is 10.1 Å². The van der Waals surface area contributed by atoms with Crippen molar-refractivity contribution in [2.45, 2.75) is 32.7 Å². The number of fused-ring (bicyclic) bond motifs is 1. The van der Waals surface area contributed by atoms with Crippen LogP contribution in [0.3, 0.4) is 0 Å². The van der Waals surface area contributed by atoms with Gasteiger partial charge in [0.25, 0.3) is 0 Å². The lowest BCUT2D eigenvalue weighted by Crippen LogP contribution is -2.30. The van der Waals surface area contributed by atoms with E-state index in [1.165, 1.54) is 6.33 Å². The molecular weight excluding hydrogens is 328 g/mol. The molecule has 2 aromatic rings. The minimum Gasteiger partial charge on any atom is -0.463 e. The first kappa shape index (κ1) is 16.5. The van der Waals surface area contributed by atoms with Crippen molar-refractivity contribution >= 4 is 23.5 Å². The van der Waals surface area contributed by atoms with Gasteiger partial charge in [-0.05, 0) is 19.4 Å². The molecule has 0 amide bonds. The quantitative estimate of drug-likeness (QED) is 0.838. The van der Waals surface area contributed by atoms with Crippen molar-refractivity contribution in [2.24, 2.45) is 0 Å². The molecule has 0 saturated carbocycles. The van der Waals surface area contributed by atoms with E-state index in [1.807, 2.05) is 18.2 Å². The molecular formula is C17H19ClN4O2. The maximum Gasteiger partial charge on any atom is 0.338 e. The fraction of sp³-hybridized carbons (Fsp3) is 0.353. The Bertz CT molecular complexity index is 784. The van der Waals surface area contributed by atoms with Gasteiger partial charge in [0, 0.05) is 16.3 Å². The Labute approximate surface area is 145 Å². The van der Waals surface area contributed by atoms with Gasteiger partial charge in [0.2, 0.25) is 5.95 Å². The summed E-state index contributed by atoms with van der Waals surface area (Å²) in [5, 5.41) is 8.07. The molecule has 1 aliphatic heterocycles. The predicted molar refractivity (Wildman–Crippen MR) is 91.8 cm³/mol. The lowest BCUT2D eigenvalue weighted by atomic mass is 9.94. The number of nitrogens with zero attached hydrogens (tertiary/aromatic N) is 3. The summed E-state index contributed by atoms with van der Waals surface area (Å²) in [5.74, 6) is 0.232. The highest BCUT2D eigenvalue weighted by molar-refractivity contribution is 6.31. The Morgan fingerprint density at radius 1 is 1.38 bits per heavy atom. The minimum absolute atomic E-state index is 0.307. The number of benzene rings is 1. The summed E-state index contributed by atoms with van der Waals surface area (Å²) in [6.45, 7) is 4.15. The fourth-order valence-electron chi connectivity index (χ4n) is 2.89. The van der Waals surface area contributed by atoms with E-state index in [2.05, 4.69) is 22.3 Å². The Morgan fingerprint density at radius 2 is 2.17 bits per heavy atom. The van der Waals surface area contributed by atoms with Crippen LogP contribution in [0.2, 0.25) is 5.02 Å². The highest BCUT2D eigenvalue weighted by atomic mass is 35.5. The van der Waals surface area contributed by atoms with Crippen molar-refractivity contribution in [3.05, 3.63) is 52.4 Å². The number of anilines is 1. The number of halogens is 1. The lowest BCUT2D eigenvalue weighted by molar-refractivity contribution is -0.139. The van der Waals surface area contributed by atoms with Crippen LogP contribution in [0.4, 0.5) is 5.95 Å². The molecule has 1 unspecified atom stereocenters. The van der Waals surface area contributed by atoms with Gasteiger partial charge in [-0.15, -0.1) is 0 Å². The van der Waals surface area contributed by atoms with Crippen molar-refractivity contribution in [1.82, 2.24) is 14.8 Å². The van der Waals surface area contributed by atoms with Gasteiger partial charge in [0.15, 0.2) is 0 Å². The Hall–Kier alpha value is -2.34. The zero-order valence-electron chi connectivity index (χ0n) is 13.6. The zero-order chi connectivity index (χ0) is 17.1. The third-order valence-electron chi connectivity index (χ3n) is 3.87. The molecule has 0 radical (unpaired) electrons.